The lowest BCUT2D eigenvalue weighted by Gasteiger charge is -2.27. The molecule has 4 nitrogen and oxygen atoms in total. The molecule has 4 rings (SSSR count). The number of hydrogen-bond donors (Lipinski definition) is 2. The molecule has 35 heavy (non-hydrogen) atoms. The quantitative estimate of drug-likeness (QED) is 0.334. The van der Waals surface area contributed by atoms with Crippen LogP contribution in [0.5, 0.6) is 5.75 Å². The Morgan fingerprint density at radius 2 is 1.34 bits per heavy atom. The standard InChI is InChI=1S/C31H36N2O2/c1-29(2,3)24-17-21(18-25(27(24)34)30(4,5)6)20-32-33-28(35)26-19-31(26,22-13-9-7-10-14-22)23-15-11-8-12-16-23/h7-18,20,26,34H,19H2,1-6H3,(H,33,35). The molecule has 0 aromatic heterocycles. The van der Waals surface area contributed by atoms with Gasteiger partial charge in [0.25, 0.3) is 0 Å². The summed E-state index contributed by atoms with van der Waals surface area (Å²) >= 11 is 0. The molecule has 4 heteroatoms. The number of carbonyl (C=O) groups excluding carboxylic acids is 1. The summed E-state index contributed by atoms with van der Waals surface area (Å²) in [5.74, 6) is 0.0686. The first-order valence-corrected chi connectivity index (χ1v) is 12.3. The number of nitrogens with zero attached hydrogens (tertiary/aromatic N) is 1. The van der Waals surface area contributed by atoms with Gasteiger partial charge in [-0.2, -0.15) is 5.10 Å². The van der Waals surface area contributed by atoms with Gasteiger partial charge in [0.1, 0.15) is 5.75 Å². The highest BCUT2D eigenvalue weighted by Gasteiger charge is 2.60. The van der Waals surface area contributed by atoms with Gasteiger partial charge in [-0.25, -0.2) is 5.43 Å². The average Bonchev–Trinajstić information content (AvgIpc) is 3.57. The highest BCUT2D eigenvalue weighted by atomic mass is 16.3. The molecule has 1 amide bonds. The summed E-state index contributed by atoms with van der Waals surface area (Å²) in [6.07, 6.45) is 2.43. The predicted molar refractivity (Wildman–Crippen MR) is 143 cm³/mol. The van der Waals surface area contributed by atoms with Crippen LogP contribution >= 0.6 is 0 Å². The van der Waals surface area contributed by atoms with Crippen LogP contribution in [-0.2, 0) is 21.0 Å². The Hall–Kier alpha value is -3.40. The molecule has 1 aliphatic carbocycles. The van der Waals surface area contributed by atoms with E-state index >= 15 is 0 Å². The molecule has 0 radical (unpaired) electrons. The normalized spacial score (nSPS) is 17.4. The van der Waals surface area contributed by atoms with Crippen molar-refractivity contribution < 1.29 is 9.90 Å². The molecule has 0 bridgehead atoms. The molecule has 0 spiro atoms. The summed E-state index contributed by atoms with van der Waals surface area (Å²) in [5, 5.41) is 15.3. The van der Waals surface area contributed by atoms with Gasteiger partial charge < -0.3 is 5.11 Å². The second-order valence-electron chi connectivity index (χ2n) is 11.7. The summed E-state index contributed by atoms with van der Waals surface area (Å²) in [5.41, 5.74) is 6.91. The lowest BCUT2D eigenvalue weighted by Crippen LogP contribution is -2.25. The number of hydrogen-bond acceptors (Lipinski definition) is 3. The van der Waals surface area contributed by atoms with Crippen LogP contribution in [0.4, 0.5) is 0 Å². The van der Waals surface area contributed by atoms with Gasteiger partial charge in [-0.15, -0.1) is 0 Å². The molecule has 0 saturated heterocycles. The third-order valence-electron chi connectivity index (χ3n) is 6.99. The van der Waals surface area contributed by atoms with E-state index in [-0.39, 0.29) is 28.1 Å². The Morgan fingerprint density at radius 1 is 0.886 bits per heavy atom. The van der Waals surface area contributed by atoms with Gasteiger partial charge in [0.05, 0.1) is 12.1 Å². The van der Waals surface area contributed by atoms with Crippen molar-refractivity contribution in [1.82, 2.24) is 5.43 Å². The number of nitrogens with one attached hydrogen (secondary N) is 1. The molecule has 1 unspecified atom stereocenters. The fraction of sp³-hybridized carbons (Fsp3) is 0.355. The molecule has 0 heterocycles. The first-order valence-electron chi connectivity index (χ1n) is 12.3. The SMILES string of the molecule is CC(C)(C)c1cc(C=NNC(=O)C2CC2(c2ccccc2)c2ccccc2)cc(C(C)(C)C)c1O. The van der Waals surface area contributed by atoms with Gasteiger partial charge in [-0.3, -0.25) is 4.79 Å². The van der Waals surface area contributed by atoms with Crippen molar-refractivity contribution in [3.63, 3.8) is 0 Å². The first-order chi connectivity index (χ1) is 16.4. The Labute approximate surface area is 209 Å². The topological polar surface area (TPSA) is 61.7 Å². The van der Waals surface area contributed by atoms with Gasteiger partial charge in [-0.05, 0) is 46.1 Å². The number of hydrazone groups is 1. The Kier molecular flexibility index (Phi) is 6.35. The number of phenols is 1. The van der Waals surface area contributed by atoms with E-state index in [0.29, 0.717) is 5.75 Å². The van der Waals surface area contributed by atoms with E-state index in [1.165, 1.54) is 0 Å². The number of aromatic hydroxyl groups is 1. The van der Waals surface area contributed by atoms with E-state index < -0.39 is 0 Å². The van der Waals surface area contributed by atoms with Crippen molar-refractivity contribution in [1.29, 1.82) is 0 Å². The minimum atomic E-state index is -0.320. The van der Waals surface area contributed by atoms with Crippen molar-refractivity contribution in [2.45, 2.75) is 64.2 Å². The van der Waals surface area contributed by atoms with Crippen LogP contribution in [0.25, 0.3) is 0 Å². The van der Waals surface area contributed by atoms with Gasteiger partial charge in [-0.1, -0.05) is 102 Å². The zero-order valence-corrected chi connectivity index (χ0v) is 21.6. The number of amides is 1. The zero-order valence-electron chi connectivity index (χ0n) is 21.6. The maximum absolute atomic E-state index is 13.2. The molecule has 2 N–H and O–H groups in total. The smallest absolute Gasteiger partial charge is 0.244 e. The lowest BCUT2D eigenvalue weighted by molar-refractivity contribution is -0.122. The maximum Gasteiger partial charge on any atom is 0.244 e. The number of benzene rings is 3. The van der Waals surface area contributed by atoms with Crippen LogP contribution < -0.4 is 5.43 Å². The van der Waals surface area contributed by atoms with Gasteiger partial charge in [0.15, 0.2) is 0 Å². The molecule has 3 aromatic carbocycles. The van der Waals surface area contributed by atoms with Crippen LogP contribution in [0, 0.1) is 5.92 Å². The average molecular weight is 469 g/mol. The second-order valence-corrected chi connectivity index (χ2v) is 11.7. The van der Waals surface area contributed by atoms with Crippen LogP contribution in [0.3, 0.4) is 0 Å². The fourth-order valence-corrected chi connectivity index (χ4v) is 4.98. The molecular weight excluding hydrogens is 432 g/mol. The molecule has 1 atom stereocenters. The van der Waals surface area contributed by atoms with E-state index in [9.17, 15) is 9.90 Å². The Balaban J connectivity index is 1.58. The van der Waals surface area contributed by atoms with E-state index in [0.717, 1.165) is 34.2 Å². The molecule has 0 aliphatic heterocycles. The lowest BCUT2D eigenvalue weighted by atomic mass is 9.78. The van der Waals surface area contributed by atoms with E-state index in [2.05, 4.69) is 76.3 Å². The molecule has 1 aliphatic rings. The minimum absolute atomic E-state index is 0.0835. The first kappa shape index (κ1) is 24.7. The Morgan fingerprint density at radius 3 is 1.77 bits per heavy atom. The summed E-state index contributed by atoms with van der Waals surface area (Å²) in [7, 11) is 0. The maximum atomic E-state index is 13.2. The van der Waals surface area contributed by atoms with Crippen molar-refractivity contribution >= 4 is 12.1 Å². The highest BCUT2D eigenvalue weighted by Crippen LogP contribution is 2.58. The van der Waals surface area contributed by atoms with Crippen molar-refractivity contribution in [2.75, 3.05) is 0 Å². The Bertz CT molecular complexity index is 1160. The number of carbonyl (C=O) groups is 1. The summed E-state index contributed by atoms with van der Waals surface area (Å²) < 4.78 is 0. The molecular formula is C31H36N2O2. The van der Waals surface area contributed by atoms with Gasteiger partial charge in [0.2, 0.25) is 5.91 Å². The second kappa shape index (κ2) is 8.99. The fourth-order valence-electron chi connectivity index (χ4n) is 4.98. The van der Waals surface area contributed by atoms with Crippen LogP contribution in [-0.4, -0.2) is 17.2 Å². The zero-order chi connectivity index (χ0) is 25.4. The third-order valence-corrected chi connectivity index (χ3v) is 6.99. The summed E-state index contributed by atoms with van der Waals surface area (Å²) in [6.45, 7) is 12.5. The largest absolute Gasteiger partial charge is 0.507 e. The number of phenolic OH excluding ortho intramolecular Hbond substituents is 1. The highest BCUT2D eigenvalue weighted by molar-refractivity contribution is 5.88. The summed E-state index contributed by atoms with van der Waals surface area (Å²) in [6, 6.07) is 24.4. The number of rotatable bonds is 5. The molecule has 1 fully saturated rings. The van der Waals surface area contributed by atoms with Crippen molar-refractivity contribution in [2.24, 2.45) is 11.0 Å². The third kappa shape index (κ3) is 4.88. The molecule has 1 saturated carbocycles. The van der Waals surface area contributed by atoms with Crippen LogP contribution in [0.15, 0.2) is 77.9 Å². The van der Waals surface area contributed by atoms with Gasteiger partial charge >= 0.3 is 0 Å². The van der Waals surface area contributed by atoms with E-state index in [4.69, 9.17) is 0 Å². The molecule has 3 aromatic rings. The van der Waals surface area contributed by atoms with Crippen LogP contribution in [0.1, 0.15) is 75.8 Å². The van der Waals surface area contributed by atoms with Crippen LogP contribution in [0.2, 0.25) is 0 Å². The van der Waals surface area contributed by atoms with Gasteiger partial charge in [0, 0.05) is 16.5 Å². The van der Waals surface area contributed by atoms with Crippen molar-refractivity contribution in [3.8, 4) is 5.75 Å². The molecule has 182 valence electrons. The predicted octanol–water partition coefficient (Wildman–Crippen LogP) is 6.44. The monoisotopic (exact) mass is 468 g/mol. The summed E-state index contributed by atoms with van der Waals surface area (Å²) in [4.78, 5) is 13.2. The minimum Gasteiger partial charge on any atom is -0.507 e. The van der Waals surface area contributed by atoms with E-state index in [1.54, 1.807) is 6.21 Å². The van der Waals surface area contributed by atoms with Crippen molar-refractivity contribution in [3.05, 3.63) is 101 Å². The van der Waals surface area contributed by atoms with E-state index in [1.807, 2.05) is 48.5 Å².